The predicted molar refractivity (Wildman–Crippen MR) is 10.1 cm³/mol. The van der Waals surface area contributed by atoms with Crippen molar-refractivity contribution in [3.05, 3.63) is 0 Å². The number of rotatable bonds is 0. The molecule has 0 aromatic rings. The fourth-order valence-electron chi connectivity index (χ4n) is 0. The van der Waals surface area contributed by atoms with Gasteiger partial charge in [-0.15, -0.1) is 0 Å². The van der Waals surface area contributed by atoms with Gasteiger partial charge >= 0.3 is 34.4 Å². The van der Waals surface area contributed by atoms with Crippen LogP contribution in [0.2, 0.25) is 0 Å². The monoisotopic (exact) mass is 117 g/mol. The molecule has 0 unspecified atom stereocenters. The molecule has 0 aliphatic rings. The molecule has 0 aromatic carbocycles. The van der Waals surface area contributed by atoms with Crippen molar-refractivity contribution in [2.45, 2.75) is 0 Å². The Labute approximate surface area is 45.8 Å². The Hall–Kier alpha value is 0.972. The van der Waals surface area contributed by atoms with E-state index in [9.17, 15) is 0 Å². The van der Waals surface area contributed by atoms with Crippen LogP contribution in [0.3, 0.4) is 0 Å². The fraction of sp³-hybridized carbons (Fsp3) is 0. The third kappa shape index (κ3) is 12.2. The zero-order chi connectivity index (χ0) is 0. The van der Waals surface area contributed by atoms with Crippen molar-refractivity contribution < 1.29 is 28.0 Å². The molecule has 0 fully saturated rings. The van der Waals surface area contributed by atoms with Gasteiger partial charge in [0.2, 0.25) is 0 Å². The van der Waals surface area contributed by atoms with Crippen LogP contribution < -0.4 is 0 Å². The first-order valence-electron chi connectivity index (χ1n) is 0. The zero-order valence-electron chi connectivity index (χ0n) is 1.84. The molecule has 0 amide bonds. The summed E-state index contributed by atoms with van der Waals surface area (Å²) >= 11 is 0. The number of hydrogen-bond acceptors (Lipinski definition) is 0. The van der Waals surface area contributed by atoms with Gasteiger partial charge in [0, 0.05) is 0 Å². The minimum atomic E-state index is 0. The summed E-state index contributed by atoms with van der Waals surface area (Å²) in [6.45, 7) is 0. The Morgan fingerprint density at radius 3 is 1.00 bits per heavy atom. The molecule has 0 saturated carbocycles. The van der Waals surface area contributed by atoms with Crippen LogP contribution in [0.4, 0.5) is 0 Å². The molecule has 2 N–H and O–H groups in total. The van der Waals surface area contributed by atoms with Gasteiger partial charge in [0.25, 0.3) is 0 Å². The van der Waals surface area contributed by atoms with Crippen molar-refractivity contribution in [3.63, 3.8) is 0 Å². The van der Waals surface area contributed by atoms with Crippen LogP contribution in [-0.4, -0.2) is 22.8 Å². The average molecular weight is 117 g/mol. The van der Waals surface area contributed by atoms with E-state index in [-0.39, 0.29) is 45.4 Å². The molecule has 0 bridgehead atoms. The van der Waals surface area contributed by atoms with Crippen LogP contribution in [0.25, 0.3) is 0 Å². The van der Waals surface area contributed by atoms with Gasteiger partial charge in [-0.25, -0.2) is 0 Å². The molecule has 0 aromatic heterocycles. The van der Waals surface area contributed by atoms with Crippen LogP contribution in [0.5, 0.6) is 0 Å². The summed E-state index contributed by atoms with van der Waals surface area (Å²) in [4.78, 5) is 0. The van der Waals surface area contributed by atoms with E-state index in [2.05, 4.69) is 0 Å². The van der Waals surface area contributed by atoms with Crippen LogP contribution in [0, 0.1) is 0 Å². The predicted octanol–water partition coefficient (Wildman–Crippen LogP) is -1.33. The van der Waals surface area contributed by atoms with Gasteiger partial charge in [-0.1, -0.05) is 0 Å². The van der Waals surface area contributed by atoms with E-state index >= 15 is 0 Å². The van der Waals surface area contributed by atoms with Gasteiger partial charge in [0.15, 0.2) is 0 Å². The molecule has 22 valence electrons. The average Bonchev–Trinajstić information content (AvgIpc) is 0. The van der Waals surface area contributed by atoms with E-state index < -0.39 is 0 Å². The van der Waals surface area contributed by atoms with Gasteiger partial charge in [0.1, 0.15) is 0 Å². The molecule has 2 nitrogen and oxygen atoms in total. The Bertz CT molecular complexity index is 6.00. The molecular formula is H2AlFeO2+3. The van der Waals surface area contributed by atoms with Gasteiger partial charge in [0.05, 0.1) is 0 Å². The van der Waals surface area contributed by atoms with Crippen molar-refractivity contribution in [1.82, 2.24) is 0 Å². The standard InChI is InChI=1S/Al.Fe.H2O.O/h;;1H2;/q+3;+2;;-2. The second kappa shape index (κ2) is 37.1. The molecule has 0 saturated heterocycles. The quantitative estimate of drug-likeness (QED) is 0.353. The second-order valence-electron chi connectivity index (χ2n) is 0. The minimum absolute atomic E-state index is 0. The van der Waals surface area contributed by atoms with E-state index in [0.717, 1.165) is 0 Å². The second-order valence-corrected chi connectivity index (χ2v) is 0. The van der Waals surface area contributed by atoms with Crippen LogP contribution in [0.1, 0.15) is 0 Å². The number of hydrogen-bond donors (Lipinski definition) is 0. The summed E-state index contributed by atoms with van der Waals surface area (Å²) in [5.41, 5.74) is 0. The smallest absolute Gasteiger partial charge is 2.00 e. The molecule has 0 atom stereocenters. The van der Waals surface area contributed by atoms with Crippen LogP contribution in [-0.2, 0) is 22.5 Å². The normalized spacial score (nSPS) is 0. The third-order valence-electron chi connectivity index (χ3n) is 0. The van der Waals surface area contributed by atoms with Gasteiger partial charge in [-0.3, -0.25) is 0 Å². The zero-order valence-corrected chi connectivity index (χ0v) is 4.10. The Kier molecular flexibility index (Phi) is 771. The van der Waals surface area contributed by atoms with E-state index in [1.807, 2.05) is 0 Å². The SMILES string of the molecule is O.[Al+3].[Fe+2].[O-2]. The molecule has 4 heteroatoms. The van der Waals surface area contributed by atoms with Crippen molar-refractivity contribution in [1.29, 1.82) is 0 Å². The first-order valence-corrected chi connectivity index (χ1v) is 0. The first kappa shape index (κ1) is 83.0. The summed E-state index contributed by atoms with van der Waals surface area (Å²) < 4.78 is 0. The topological polar surface area (TPSA) is 60.0 Å². The van der Waals surface area contributed by atoms with Crippen LogP contribution >= 0.6 is 0 Å². The van der Waals surface area contributed by atoms with Crippen molar-refractivity contribution in [2.24, 2.45) is 0 Å². The van der Waals surface area contributed by atoms with E-state index in [4.69, 9.17) is 0 Å². The summed E-state index contributed by atoms with van der Waals surface area (Å²) in [6, 6.07) is 0. The van der Waals surface area contributed by atoms with Crippen molar-refractivity contribution in [3.8, 4) is 0 Å². The summed E-state index contributed by atoms with van der Waals surface area (Å²) in [7, 11) is 0. The molecule has 0 aliphatic heterocycles. The third-order valence-corrected chi connectivity index (χ3v) is 0. The van der Waals surface area contributed by atoms with E-state index in [1.54, 1.807) is 0 Å². The Balaban J connectivity index is 0. The van der Waals surface area contributed by atoms with Crippen LogP contribution in [0.15, 0.2) is 0 Å². The fourth-order valence-corrected chi connectivity index (χ4v) is 0. The van der Waals surface area contributed by atoms with Gasteiger partial charge in [-0.05, 0) is 0 Å². The van der Waals surface area contributed by atoms with Gasteiger partial charge in [-0.2, -0.15) is 0 Å². The summed E-state index contributed by atoms with van der Waals surface area (Å²) in [5, 5.41) is 0. The molecule has 0 radical (unpaired) electrons. The maximum Gasteiger partial charge on any atom is 3.00 e. The molecule has 4 heavy (non-hydrogen) atoms. The maximum absolute atomic E-state index is 0. The van der Waals surface area contributed by atoms with E-state index in [0.29, 0.717) is 0 Å². The molecule has 0 rings (SSSR count). The van der Waals surface area contributed by atoms with Crippen molar-refractivity contribution in [2.75, 3.05) is 0 Å². The summed E-state index contributed by atoms with van der Waals surface area (Å²) in [6.07, 6.45) is 0. The Morgan fingerprint density at radius 1 is 1.00 bits per heavy atom. The molecule has 0 heterocycles. The summed E-state index contributed by atoms with van der Waals surface area (Å²) in [5.74, 6) is 0. The first-order chi connectivity index (χ1) is 0. The Morgan fingerprint density at radius 2 is 1.00 bits per heavy atom. The molecule has 0 aliphatic carbocycles. The molecular weight excluding hydrogens is 115 g/mol. The molecule has 0 spiro atoms. The van der Waals surface area contributed by atoms with Gasteiger partial charge < -0.3 is 11.0 Å². The van der Waals surface area contributed by atoms with E-state index in [1.165, 1.54) is 0 Å². The minimum Gasteiger partial charge on any atom is -2.00 e. The maximum atomic E-state index is 0. The largest absolute Gasteiger partial charge is 3.00 e. The van der Waals surface area contributed by atoms with Crippen molar-refractivity contribution >= 4 is 17.4 Å².